The van der Waals surface area contributed by atoms with Crippen LogP contribution in [0.1, 0.15) is 17.3 Å². The number of hydrogen-bond donors (Lipinski definition) is 1. The summed E-state index contributed by atoms with van der Waals surface area (Å²) in [6, 6.07) is 11.4. The van der Waals surface area contributed by atoms with Gasteiger partial charge in [0.2, 0.25) is 0 Å². The molecule has 5 heterocycles. The Morgan fingerprint density at radius 1 is 1.00 bits per heavy atom. The summed E-state index contributed by atoms with van der Waals surface area (Å²) in [5.41, 5.74) is 3.94. The lowest BCUT2D eigenvalue weighted by Crippen LogP contribution is -2.25. The van der Waals surface area contributed by atoms with E-state index in [4.69, 9.17) is 4.98 Å². The molecule has 0 bridgehead atoms. The number of fused-ring (bicyclic) bond motifs is 3. The maximum atomic E-state index is 13.0. The fourth-order valence-electron chi connectivity index (χ4n) is 3.69. The Kier molecular flexibility index (Phi) is 3.61. The number of carbonyl (C=O) groups excluding carboxylic acids is 1. The molecule has 5 rings (SSSR count). The molecule has 138 valence electrons. The SMILES string of the molecule is CCN1c2ncccc2C(=O)N(C)c2ccc(-c3c[nH]c4ncccc34)nc21. The molecule has 1 amide bonds. The summed E-state index contributed by atoms with van der Waals surface area (Å²) in [5, 5.41) is 1.01. The summed E-state index contributed by atoms with van der Waals surface area (Å²) in [7, 11) is 1.77. The molecule has 7 nitrogen and oxygen atoms in total. The zero-order valence-corrected chi connectivity index (χ0v) is 15.5. The van der Waals surface area contributed by atoms with Crippen LogP contribution < -0.4 is 9.80 Å². The van der Waals surface area contributed by atoms with Gasteiger partial charge in [0.05, 0.1) is 16.9 Å². The van der Waals surface area contributed by atoms with Gasteiger partial charge in [-0.3, -0.25) is 4.79 Å². The summed E-state index contributed by atoms with van der Waals surface area (Å²) in [6.45, 7) is 2.67. The quantitative estimate of drug-likeness (QED) is 0.581. The number of aromatic amines is 1. The Labute approximate surface area is 161 Å². The monoisotopic (exact) mass is 370 g/mol. The van der Waals surface area contributed by atoms with Gasteiger partial charge in [0.25, 0.3) is 5.91 Å². The average molecular weight is 370 g/mol. The molecule has 0 unspecified atom stereocenters. The van der Waals surface area contributed by atoms with E-state index in [1.807, 2.05) is 48.4 Å². The second-order valence-corrected chi connectivity index (χ2v) is 6.62. The maximum Gasteiger partial charge on any atom is 0.261 e. The summed E-state index contributed by atoms with van der Waals surface area (Å²) >= 11 is 0. The highest BCUT2D eigenvalue weighted by Gasteiger charge is 2.30. The molecule has 0 fully saturated rings. The summed E-state index contributed by atoms with van der Waals surface area (Å²) in [5.74, 6) is 1.25. The molecule has 4 aromatic heterocycles. The predicted molar refractivity (Wildman–Crippen MR) is 109 cm³/mol. The molecule has 0 saturated heterocycles. The maximum absolute atomic E-state index is 13.0. The molecule has 0 aromatic carbocycles. The standard InChI is InChI=1S/C21H18N6O/c1-3-27-19-14(7-5-11-23-19)21(28)26(2)17-9-8-16(25-20(17)27)15-12-24-18-13(15)6-4-10-22-18/h4-12H,3H2,1-2H3,(H,22,24). The number of nitrogens with zero attached hydrogens (tertiary/aromatic N) is 5. The Morgan fingerprint density at radius 2 is 1.82 bits per heavy atom. The van der Waals surface area contributed by atoms with Crippen molar-refractivity contribution in [3.05, 3.63) is 60.6 Å². The van der Waals surface area contributed by atoms with Crippen molar-refractivity contribution in [2.45, 2.75) is 6.92 Å². The van der Waals surface area contributed by atoms with Crippen molar-refractivity contribution >= 4 is 34.3 Å². The Morgan fingerprint density at radius 3 is 2.68 bits per heavy atom. The third-order valence-corrected chi connectivity index (χ3v) is 5.09. The molecule has 1 N–H and O–H groups in total. The minimum Gasteiger partial charge on any atom is -0.345 e. The zero-order chi connectivity index (χ0) is 19.3. The highest BCUT2D eigenvalue weighted by Crippen LogP contribution is 2.39. The van der Waals surface area contributed by atoms with E-state index in [0.717, 1.165) is 28.0 Å². The number of carbonyl (C=O) groups is 1. The first-order valence-electron chi connectivity index (χ1n) is 9.13. The van der Waals surface area contributed by atoms with Gasteiger partial charge in [0.15, 0.2) is 5.82 Å². The van der Waals surface area contributed by atoms with Crippen molar-refractivity contribution in [1.29, 1.82) is 0 Å². The van der Waals surface area contributed by atoms with Crippen LogP contribution in [-0.4, -0.2) is 39.4 Å². The van der Waals surface area contributed by atoms with Crippen molar-refractivity contribution in [1.82, 2.24) is 19.9 Å². The topological polar surface area (TPSA) is 78.0 Å². The Bertz CT molecular complexity index is 1210. The molecule has 7 heteroatoms. The molecular weight excluding hydrogens is 352 g/mol. The molecule has 0 saturated carbocycles. The van der Waals surface area contributed by atoms with E-state index >= 15 is 0 Å². The highest BCUT2D eigenvalue weighted by atomic mass is 16.2. The molecule has 0 radical (unpaired) electrons. The Balaban J connectivity index is 1.74. The van der Waals surface area contributed by atoms with Crippen molar-refractivity contribution in [2.24, 2.45) is 0 Å². The summed E-state index contributed by atoms with van der Waals surface area (Å²) in [4.78, 5) is 33.6. The average Bonchev–Trinajstić information content (AvgIpc) is 3.14. The van der Waals surface area contributed by atoms with Crippen LogP contribution in [0.5, 0.6) is 0 Å². The van der Waals surface area contributed by atoms with Gasteiger partial charge in [0.1, 0.15) is 11.5 Å². The number of anilines is 3. The first kappa shape index (κ1) is 16.4. The van der Waals surface area contributed by atoms with Crippen LogP contribution >= 0.6 is 0 Å². The van der Waals surface area contributed by atoms with E-state index in [2.05, 4.69) is 15.0 Å². The summed E-state index contributed by atoms with van der Waals surface area (Å²) < 4.78 is 0. The predicted octanol–water partition coefficient (Wildman–Crippen LogP) is 3.77. The van der Waals surface area contributed by atoms with Crippen LogP contribution in [0.15, 0.2) is 55.0 Å². The molecule has 0 spiro atoms. The van der Waals surface area contributed by atoms with Gasteiger partial charge in [-0.25, -0.2) is 15.0 Å². The number of H-pyrrole nitrogens is 1. The molecule has 0 atom stereocenters. The van der Waals surface area contributed by atoms with Gasteiger partial charge < -0.3 is 14.8 Å². The van der Waals surface area contributed by atoms with Gasteiger partial charge in [-0.15, -0.1) is 0 Å². The lowest BCUT2D eigenvalue weighted by Gasteiger charge is -2.23. The van der Waals surface area contributed by atoms with E-state index in [1.54, 1.807) is 30.4 Å². The Hall–Kier alpha value is -3.74. The van der Waals surface area contributed by atoms with Crippen LogP contribution in [0.3, 0.4) is 0 Å². The largest absolute Gasteiger partial charge is 0.345 e. The van der Waals surface area contributed by atoms with E-state index in [9.17, 15) is 4.79 Å². The van der Waals surface area contributed by atoms with Crippen LogP contribution in [0.25, 0.3) is 22.3 Å². The normalized spacial score (nSPS) is 13.4. The highest BCUT2D eigenvalue weighted by molar-refractivity contribution is 6.12. The van der Waals surface area contributed by atoms with E-state index in [-0.39, 0.29) is 5.91 Å². The van der Waals surface area contributed by atoms with Crippen molar-refractivity contribution in [3.8, 4) is 11.3 Å². The van der Waals surface area contributed by atoms with Gasteiger partial charge >= 0.3 is 0 Å². The van der Waals surface area contributed by atoms with Gasteiger partial charge in [0, 0.05) is 43.1 Å². The molecule has 0 aliphatic carbocycles. The fraction of sp³-hybridized carbons (Fsp3) is 0.143. The first-order chi connectivity index (χ1) is 13.7. The van der Waals surface area contributed by atoms with E-state index in [0.29, 0.717) is 23.7 Å². The molecule has 28 heavy (non-hydrogen) atoms. The lowest BCUT2D eigenvalue weighted by atomic mass is 10.1. The number of amides is 1. The zero-order valence-electron chi connectivity index (χ0n) is 15.5. The number of aromatic nitrogens is 4. The number of nitrogens with one attached hydrogen (secondary N) is 1. The number of pyridine rings is 3. The smallest absolute Gasteiger partial charge is 0.261 e. The number of hydrogen-bond acceptors (Lipinski definition) is 5. The van der Waals surface area contributed by atoms with E-state index < -0.39 is 0 Å². The molecule has 4 aromatic rings. The molecular formula is C21H18N6O. The van der Waals surface area contributed by atoms with Gasteiger partial charge in [-0.2, -0.15) is 0 Å². The van der Waals surface area contributed by atoms with Crippen molar-refractivity contribution < 1.29 is 4.79 Å². The van der Waals surface area contributed by atoms with Crippen LogP contribution in [-0.2, 0) is 0 Å². The number of rotatable bonds is 2. The molecule has 1 aliphatic heterocycles. The third kappa shape index (κ3) is 2.29. The van der Waals surface area contributed by atoms with Crippen LogP contribution in [0.4, 0.5) is 17.3 Å². The van der Waals surface area contributed by atoms with Crippen LogP contribution in [0, 0.1) is 0 Å². The third-order valence-electron chi connectivity index (χ3n) is 5.09. The van der Waals surface area contributed by atoms with Gasteiger partial charge in [-0.1, -0.05) is 0 Å². The minimum atomic E-state index is -0.0915. The van der Waals surface area contributed by atoms with Crippen molar-refractivity contribution in [3.63, 3.8) is 0 Å². The van der Waals surface area contributed by atoms with E-state index in [1.165, 1.54) is 0 Å². The summed E-state index contributed by atoms with van der Waals surface area (Å²) in [6.07, 6.45) is 5.38. The second-order valence-electron chi connectivity index (χ2n) is 6.62. The van der Waals surface area contributed by atoms with Gasteiger partial charge in [-0.05, 0) is 43.3 Å². The van der Waals surface area contributed by atoms with Crippen molar-refractivity contribution in [2.75, 3.05) is 23.4 Å². The first-order valence-corrected chi connectivity index (χ1v) is 9.13. The van der Waals surface area contributed by atoms with Crippen LogP contribution in [0.2, 0.25) is 0 Å². The minimum absolute atomic E-state index is 0.0915. The molecule has 1 aliphatic rings. The lowest BCUT2D eigenvalue weighted by molar-refractivity contribution is 0.0994. The second kappa shape index (κ2) is 6.16. The fourth-order valence-corrected chi connectivity index (χ4v) is 3.69.